The van der Waals surface area contributed by atoms with Crippen molar-refractivity contribution in [3.63, 3.8) is 0 Å². The number of nitrogens with one attached hydrogen (secondary N) is 2. The molecule has 1 rings (SSSR count). The monoisotopic (exact) mass is 110 g/mol. The van der Waals surface area contributed by atoms with E-state index in [1.165, 1.54) is 0 Å². The first kappa shape index (κ1) is 4.52. The molecule has 0 atom stereocenters. The minimum Gasteiger partial charge on any atom is -0.260 e. The molecule has 6 nitrogen and oxygen atoms in total. The predicted molar refractivity (Wildman–Crippen MR) is 23.4 cm³/mol. The number of aromatic amines is 1. The van der Waals surface area contributed by atoms with Crippen LogP contribution in [0.25, 0.3) is 0 Å². The van der Waals surface area contributed by atoms with E-state index in [4.69, 9.17) is 5.26 Å². The Labute approximate surface area is 44.5 Å². The Hall–Kier alpha value is -1.64. The Morgan fingerprint density at radius 1 is 1.75 bits per heavy atom. The van der Waals surface area contributed by atoms with Crippen LogP contribution in [-0.2, 0) is 0 Å². The summed E-state index contributed by atoms with van der Waals surface area (Å²) in [6.07, 6.45) is 1.65. The second-order valence-electron chi connectivity index (χ2n) is 0.987. The molecule has 0 aromatic carbocycles. The number of tetrazole rings is 1. The first-order chi connectivity index (χ1) is 3.93. The molecule has 40 valence electrons. The van der Waals surface area contributed by atoms with Crippen molar-refractivity contribution in [2.24, 2.45) is 0 Å². The smallest absolute Gasteiger partial charge is 0.253 e. The summed E-state index contributed by atoms with van der Waals surface area (Å²) in [5.41, 5.74) is 0. The van der Waals surface area contributed by atoms with Gasteiger partial charge in [-0.1, -0.05) is 5.10 Å². The van der Waals surface area contributed by atoms with E-state index in [9.17, 15) is 0 Å². The second-order valence-corrected chi connectivity index (χ2v) is 0.987. The molecule has 0 spiro atoms. The summed E-state index contributed by atoms with van der Waals surface area (Å²) in [6, 6.07) is 0. The molecule has 0 radical (unpaired) electrons. The first-order valence-electron chi connectivity index (χ1n) is 1.82. The van der Waals surface area contributed by atoms with E-state index in [2.05, 4.69) is 25.9 Å². The molecule has 0 unspecified atom stereocenters. The lowest BCUT2D eigenvalue weighted by Crippen LogP contribution is -1.88. The van der Waals surface area contributed by atoms with E-state index in [1.807, 2.05) is 0 Å². The molecule has 1 heterocycles. The van der Waals surface area contributed by atoms with Crippen LogP contribution in [0.1, 0.15) is 0 Å². The van der Waals surface area contributed by atoms with Gasteiger partial charge in [0, 0.05) is 0 Å². The summed E-state index contributed by atoms with van der Waals surface area (Å²) in [5, 5.41) is 22.3. The maximum absolute atomic E-state index is 7.96. The quantitative estimate of drug-likeness (QED) is 0.361. The lowest BCUT2D eigenvalue weighted by Gasteiger charge is -1.78. The topological polar surface area (TPSA) is 90.3 Å². The molecular formula is C2H2N6. The third-order valence-corrected chi connectivity index (χ3v) is 0.520. The Morgan fingerprint density at radius 2 is 2.62 bits per heavy atom. The van der Waals surface area contributed by atoms with Gasteiger partial charge in [-0.2, -0.15) is 5.26 Å². The summed E-state index contributed by atoms with van der Waals surface area (Å²) in [6.45, 7) is 0. The number of H-pyrrole nitrogens is 1. The number of nitrogens with zero attached hydrogens (tertiary/aromatic N) is 4. The van der Waals surface area contributed by atoms with Gasteiger partial charge in [0.05, 0.1) is 0 Å². The van der Waals surface area contributed by atoms with Crippen molar-refractivity contribution in [3.8, 4) is 6.19 Å². The van der Waals surface area contributed by atoms with E-state index in [0.717, 1.165) is 0 Å². The van der Waals surface area contributed by atoms with E-state index >= 15 is 0 Å². The summed E-state index contributed by atoms with van der Waals surface area (Å²) in [5.74, 6) is 0.257. The van der Waals surface area contributed by atoms with Crippen LogP contribution in [0.2, 0.25) is 0 Å². The highest BCUT2D eigenvalue weighted by Gasteiger charge is 1.88. The number of nitriles is 1. The highest BCUT2D eigenvalue weighted by Crippen LogP contribution is 1.84. The van der Waals surface area contributed by atoms with E-state index < -0.39 is 0 Å². The Kier molecular flexibility index (Phi) is 1.06. The van der Waals surface area contributed by atoms with Crippen LogP contribution in [-0.4, -0.2) is 20.6 Å². The van der Waals surface area contributed by atoms with Crippen molar-refractivity contribution in [1.29, 1.82) is 5.26 Å². The number of rotatable bonds is 1. The molecule has 0 bridgehead atoms. The van der Waals surface area contributed by atoms with Crippen LogP contribution < -0.4 is 5.32 Å². The predicted octanol–water partition coefficient (Wildman–Crippen LogP) is -0.907. The van der Waals surface area contributed by atoms with E-state index in [1.54, 1.807) is 6.19 Å². The lowest BCUT2D eigenvalue weighted by atomic mass is 11.0. The molecule has 2 N–H and O–H groups in total. The zero-order chi connectivity index (χ0) is 5.82. The lowest BCUT2D eigenvalue weighted by molar-refractivity contribution is 0.881. The molecule has 1 aromatic rings. The molecule has 0 amide bonds. The normalized spacial score (nSPS) is 7.88. The van der Waals surface area contributed by atoms with E-state index in [0.29, 0.717) is 0 Å². The van der Waals surface area contributed by atoms with Crippen molar-refractivity contribution in [1.82, 2.24) is 20.6 Å². The maximum Gasteiger partial charge on any atom is 0.253 e. The molecule has 0 fully saturated rings. The average Bonchev–Trinajstić information content (AvgIpc) is 2.19. The van der Waals surface area contributed by atoms with Gasteiger partial charge in [-0.15, -0.1) is 0 Å². The molecule has 0 saturated heterocycles. The maximum atomic E-state index is 7.96. The second kappa shape index (κ2) is 1.88. The van der Waals surface area contributed by atoms with Crippen LogP contribution in [0.5, 0.6) is 0 Å². The van der Waals surface area contributed by atoms with Crippen LogP contribution in [0.3, 0.4) is 0 Å². The summed E-state index contributed by atoms with van der Waals surface area (Å²) >= 11 is 0. The largest absolute Gasteiger partial charge is 0.260 e. The molecule has 0 saturated carbocycles. The third kappa shape index (κ3) is 0.704. The SMILES string of the molecule is N#CNc1nnn[nH]1. The molecule has 6 heteroatoms. The highest BCUT2D eigenvalue weighted by atomic mass is 15.5. The fraction of sp³-hybridized carbons (Fsp3) is 0. The Morgan fingerprint density at radius 3 is 3.12 bits per heavy atom. The van der Waals surface area contributed by atoms with Gasteiger partial charge in [0.1, 0.15) is 0 Å². The Balaban J connectivity index is 2.67. The number of aromatic nitrogens is 4. The molecule has 0 aliphatic rings. The van der Waals surface area contributed by atoms with Crippen molar-refractivity contribution < 1.29 is 0 Å². The molecule has 8 heavy (non-hydrogen) atoms. The van der Waals surface area contributed by atoms with Crippen LogP contribution >= 0.6 is 0 Å². The van der Waals surface area contributed by atoms with Gasteiger partial charge < -0.3 is 0 Å². The fourth-order valence-corrected chi connectivity index (χ4v) is 0.265. The standard InChI is InChI=1S/C2H2N6/c3-1-4-2-5-7-8-6-2/h(H2,4,5,6,7,8). The third-order valence-electron chi connectivity index (χ3n) is 0.520. The van der Waals surface area contributed by atoms with Crippen LogP contribution in [0, 0.1) is 11.5 Å². The highest BCUT2D eigenvalue weighted by molar-refractivity contribution is 5.25. The van der Waals surface area contributed by atoms with Crippen molar-refractivity contribution >= 4 is 5.95 Å². The van der Waals surface area contributed by atoms with Crippen LogP contribution in [0.15, 0.2) is 0 Å². The summed E-state index contributed by atoms with van der Waals surface area (Å²) in [4.78, 5) is 0. The number of anilines is 1. The van der Waals surface area contributed by atoms with Gasteiger partial charge >= 0.3 is 0 Å². The van der Waals surface area contributed by atoms with Gasteiger partial charge in [0.25, 0.3) is 5.95 Å². The molecule has 0 aliphatic carbocycles. The first-order valence-corrected chi connectivity index (χ1v) is 1.82. The molecule has 1 aromatic heterocycles. The summed E-state index contributed by atoms with van der Waals surface area (Å²) in [7, 11) is 0. The average molecular weight is 110 g/mol. The molecular weight excluding hydrogens is 108 g/mol. The van der Waals surface area contributed by atoms with Crippen LogP contribution in [0.4, 0.5) is 5.95 Å². The zero-order valence-corrected chi connectivity index (χ0v) is 3.79. The van der Waals surface area contributed by atoms with Gasteiger partial charge in [-0.3, -0.25) is 5.32 Å². The van der Waals surface area contributed by atoms with Gasteiger partial charge in [0.15, 0.2) is 6.19 Å². The minimum atomic E-state index is 0.257. The van der Waals surface area contributed by atoms with Crippen molar-refractivity contribution in [2.75, 3.05) is 5.32 Å². The van der Waals surface area contributed by atoms with Crippen molar-refractivity contribution in [2.45, 2.75) is 0 Å². The van der Waals surface area contributed by atoms with E-state index in [-0.39, 0.29) is 5.95 Å². The van der Waals surface area contributed by atoms with Gasteiger partial charge in [-0.05, 0) is 10.4 Å². The Bertz CT molecular complexity index is 181. The van der Waals surface area contributed by atoms with Gasteiger partial charge in [-0.25, -0.2) is 5.10 Å². The van der Waals surface area contributed by atoms with Crippen molar-refractivity contribution in [3.05, 3.63) is 0 Å². The number of hydrogen-bond donors (Lipinski definition) is 2. The van der Waals surface area contributed by atoms with Gasteiger partial charge in [0.2, 0.25) is 0 Å². The minimum absolute atomic E-state index is 0.257. The zero-order valence-electron chi connectivity index (χ0n) is 3.79. The fourth-order valence-electron chi connectivity index (χ4n) is 0.265. The molecule has 0 aliphatic heterocycles. The number of hydrogen-bond acceptors (Lipinski definition) is 5. The summed E-state index contributed by atoms with van der Waals surface area (Å²) < 4.78 is 0.